The smallest absolute Gasteiger partial charge is 0.255 e. The number of anilines is 2. The Balaban J connectivity index is 2.23. The predicted octanol–water partition coefficient (Wildman–Crippen LogP) is 4.44. The predicted molar refractivity (Wildman–Crippen MR) is 85.9 cm³/mol. The van der Waals surface area contributed by atoms with Crippen LogP contribution in [0.25, 0.3) is 0 Å². The molecular weight excluding hydrogens is 365 g/mol. The summed E-state index contributed by atoms with van der Waals surface area (Å²) in [6, 6.07) is 8.28. The lowest BCUT2D eigenvalue weighted by molar-refractivity contribution is 0.102. The summed E-state index contributed by atoms with van der Waals surface area (Å²) in [6.07, 6.45) is 0. The molecule has 0 aliphatic heterocycles. The number of hydrogen-bond acceptors (Lipinski definition) is 3. The van der Waals surface area contributed by atoms with Crippen molar-refractivity contribution in [2.45, 2.75) is 0 Å². The molecule has 4 nitrogen and oxygen atoms in total. The van der Waals surface area contributed by atoms with Gasteiger partial charge in [-0.25, -0.2) is 4.98 Å². The first-order valence-electron chi connectivity index (χ1n) is 5.61. The number of halogens is 3. The molecule has 0 spiro atoms. The summed E-state index contributed by atoms with van der Waals surface area (Å²) in [5, 5.41) is 6.35. The van der Waals surface area contributed by atoms with E-state index in [1.54, 1.807) is 31.3 Å². The molecule has 0 unspecified atom stereocenters. The highest BCUT2D eigenvalue weighted by Gasteiger charge is 2.10. The number of carbonyl (C=O) groups excluding carboxylic acids is 1. The Morgan fingerprint density at radius 2 is 2.00 bits per heavy atom. The topological polar surface area (TPSA) is 54.0 Å². The van der Waals surface area contributed by atoms with Crippen LogP contribution in [0.15, 0.2) is 34.8 Å². The van der Waals surface area contributed by atoms with Gasteiger partial charge < -0.3 is 10.6 Å². The summed E-state index contributed by atoms with van der Waals surface area (Å²) in [4.78, 5) is 16.2. The number of hydrogen-bond donors (Lipinski definition) is 2. The minimum atomic E-state index is -0.288. The molecule has 0 aliphatic carbocycles. The molecule has 0 saturated heterocycles. The fraction of sp³-hybridized carbons (Fsp3) is 0.0769. The molecule has 2 rings (SSSR count). The molecule has 2 N–H and O–H groups in total. The second kappa shape index (κ2) is 6.43. The maximum Gasteiger partial charge on any atom is 0.255 e. The number of amides is 1. The van der Waals surface area contributed by atoms with Crippen LogP contribution in [0.3, 0.4) is 0 Å². The van der Waals surface area contributed by atoms with Crippen LogP contribution in [0, 0.1) is 0 Å². The molecule has 0 fully saturated rings. The van der Waals surface area contributed by atoms with Crippen LogP contribution < -0.4 is 10.6 Å². The molecular formula is C13H10BrCl2N3O. The van der Waals surface area contributed by atoms with Crippen LogP contribution in [0.2, 0.25) is 10.2 Å². The fourth-order valence-corrected chi connectivity index (χ4v) is 2.17. The molecule has 1 heterocycles. The molecule has 1 aromatic carbocycles. The quantitative estimate of drug-likeness (QED) is 0.780. The Hall–Kier alpha value is -1.30. The third-order valence-corrected chi connectivity index (χ3v) is 3.92. The van der Waals surface area contributed by atoms with Gasteiger partial charge >= 0.3 is 0 Å². The van der Waals surface area contributed by atoms with Crippen molar-refractivity contribution in [3.8, 4) is 0 Å². The van der Waals surface area contributed by atoms with Gasteiger partial charge in [-0.05, 0) is 46.3 Å². The fourth-order valence-electron chi connectivity index (χ4n) is 1.53. The van der Waals surface area contributed by atoms with Crippen molar-refractivity contribution < 1.29 is 4.79 Å². The molecule has 2 aromatic rings. The van der Waals surface area contributed by atoms with E-state index in [9.17, 15) is 4.79 Å². The van der Waals surface area contributed by atoms with Crippen molar-refractivity contribution in [3.05, 3.63) is 50.5 Å². The molecule has 0 radical (unpaired) electrons. The lowest BCUT2D eigenvalue weighted by Gasteiger charge is -2.08. The van der Waals surface area contributed by atoms with Gasteiger partial charge in [0.05, 0.1) is 5.02 Å². The summed E-state index contributed by atoms with van der Waals surface area (Å²) >= 11 is 15.1. The first-order valence-corrected chi connectivity index (χ1v) is 7.16. The molecule has 0 atom stereocenters. The van der Waals surface area contributed by atoms with Crippen molar-refractivity contribution in [3.63, 3.8) is 0 Å². The van der Waals surface area contributed by atoms with Crippen LogP contribution in [-0.4, -0.2) is 17.9 Å². The third kappa shape index (κ3) is 3.62. The average molecular weight is 375 g/mol. The maximum atomic E-state index is 12.2. The molecule has 104 valence electrons. The highest BCUT2D eigenvalue weighted by atomic mass is 79.9. The standard InChI is InChI=1S/C13H10BrCl2N3O/c1-17-12-5-7(4-11(16)19-12)13(20)18-8-2-3-9(14)10(15)6-8/h2-6H,1H3,(H,17,19)(H,18,20). The van der Waals surface area contributed by atoms with Gasteiger partial charge in [0.15, 0.2) is 0 Å². The largest absolute Gasteiger partial charge is 0.373 e. The van der Waals surface area contributed by atoms with Gasteiger partial charge in [-0.2, -0.15) is 0 Å². The van der Waals surface area contributed by atoms with Crippen molar-refractivity contribution >= 4 is 56.5 Å². The van der Waals surface area contributed by atoms with E-state index in [1.165, 1.54) is 6.07 Å². The number of nitrogens with zero attached hydrogens (tertiary/aromatic N) is 1. The normalized spacial score (nSPS) is 10.2. The van der Waals surface area contributed by atoms with Crippen molar-refractivity contribution in [1.82, 2.24) is 4.98 Å². The molecule has 7 heteroatoms. The number of nitrogens with one attached hydrogen (secondary N) is 2. The lowest BCUT2D eigenvalue weighted by Crippen LogP contribution is -2.12. The summed E-state index contributed by atoms with van der Waals surface area (Å²) in [5.74, 6) is 0.237. The number of benzene rings is 1. The zero-order chi connectivity index (χ0) is 14.7. The van der Waals surface area contributed by atoms with E-state index in [1.807, 2.05) is 0 Å². The Morgan fingerprint density at radius 1 is 1.25 bits per heavy atom. The van der Waals surface area contributed by atoms with Gasteiger partial charge in [-0.15, -0.1) is 0 Å². The van der Waals surface area contributed by atoms with E-state index in [0.717, 1.165) is 4.47 Å². The first-order chi connectivity index (χ1) is 9.49. The Kier molecular flexibility index (Phi) is 4.86. The Labute approximate surface area is 134 Å². The summed E-state index contributed by atoms with van der Waals surface area (Å²) in [6.45, 7) is 0. The SMILES string of the molecule is CNc1cc(C(=O)Nc2ccc(Br)c(Cl)c2)cc(Cl)n1. The number of pyridine rings is 1. The van der Waals surface area contributed by atoms with Gasteiger partial charge in [-0.3, -0.25) is 4.79 Å². The van der Waals surface area contributed by atoms with Gasteiger partial charge in [0, 0.05) is 22.8 Å². The van der Waals surface area contributed by atoms with E-state index in [0.29, 0.717) is 22.1 Å². The first kappa shape index (κ1) is 15.1. The van der Waals surface area contributed by atoms with Gasteiger partial charge in [0.1, 0.15) is 11.0 Å². The molecule has 0 bridgehead atoms. The van der Waals surface area contributed by atoms with E-state index in [4.69, 9.17) is 23.2 Å². The van der Waals surface area contributed by atoms with E-state index < -0.39 is 0 Å². The van der Waals surface area contributed by atoms with Crippen LogP contribution >= 0.6 is 39.1 Å². The van der Waals surface area contributed by atoms with E-state index in [2.05, 4.69) is 31.5 Å². The molecule has 1 amide bonds. The summed E-state index contributed by atoms with van der Waals surface area (Å²) < 4.78 is 0.765. The molecule has 0 saturated carbocycles. The highest BCUT2D eigenvalue weighted by Crippen LogP contribution is 2.26. The van der Waals surface area contributed by atoms with Crippen LogP contribution in [0.5, 0.6) is 0 Å². The van der Waals surface area contributed by atoms with E-state index >= 15 is 0 Å². The third-order valence-electron chi connectivity index (χ3n) is 2.49. The van der Waals surface area contributed by atoms with Crippen LogP contribution in [0.1, 0.15) is 10.4 Å². The van der Waals surface area contributed by atoms with Crippen molar-refractivity contribution in [2.75, 3.05) is 17.7 Å². The van der Waals surface area contributed by atoms with Gasteiger partial charge in [-0.1, -0.05) is 23.2 Å². The van der Waals surface area contributed by atoms with Crippen LogP contribution in [-0.2, 0) is 0 Å². The minimum Gasteiger partial charge on any atom is -0.373 e. The molecule has 1 aromatic heterocycles. The molecule has 20 heavy (non-hydrogen) atoms. The minimum absolute atomic E-state index is 0.246. The summed E-state index contributed by atoms with van der Waals surface area (Å²) in [5.41, 5.74) is 1.01. The monoisotopic (exact) mass is 373 g/mol. The highest BCUT2D eigenvalue weighted by molar-refractivity contribution is 9.10. The Morgan fingerprint density at radius 3 is 2.65 bits per heavy atom. The number of carbonyl (C=O) groups is 1. The second-order valence-electron chi connectivity index (χ2n) is 3.90. The Bertz CT molecular complexity index is 664. The zero-order valence-electron chi connectivity index (χ0n) is 10.4. The van der Waals surface area contributed by atoms with Gasteiger partial charge in [0.2, 0.25) is 0 Å². The molecule has 0 aliphatic rings. The van der Waals surface area contributed by atoms with Crippen LogP contribution in [0.4, 0.5) is 11.5 Å². The number of aromatic nitrogens is 1. The zero-order valence-corrected chi connectivity index (χ0v) is 13.5. The van der Waals surface area contributed by atoms with Gasteiger partial charge in [0.25, 0.3) is 5.91 Å². The lowest BCUT2D eigenvalue weighted by atomic mass is 10.2. The summed E-state index contributed by atoms with van der Waals surface area (Å²) in [7, 11) is 1.70. The maximum absolute atomic E-state index is 12.2. The average Bonchev–Trinajstić information content (AvgIpc) is 2.42. The van der Waals surface area contributed by atoms with Crippen molar-refractivity contribution in [2.24, 2.45) is 0 Å². The number of rotatable bonds is 3. The van der Waals surface area contributed by atoms with Crippen molar-refractivity contribution in [1.29, 1.82) is 0 Å². The second-order valence-corrected chi connectivity index (χ2v) is 5.55. The van der Waals surface area contributed by atoms with E-state index in [-0.39, 0.29) is 11.1 Å².